The van der Waals surface area contributed by atoms with Crippen molar-refractivity contribution in [3.05, 3.63) is 66.2 Å². The number of hydrogen-bond donors (Lipinski definition) is 1. The Balaban J connectivity index is 1.55. The average molecular weight is 408 g/mol. The lowest BCUT2D eigenvalue weighted by Gasteiger charge is -2.18. The fourth-order valence-electron chi connectivity index (χ4n) is 5.49. The van der Waals surface area contributed by atoms with Crippen LogP contribution < -0.4 is 5.73 Å². The number of unbranched alkanes of at least 4 members (excludes halogenated alkanes) is 7. The monoisotopic (exact) mass is 407 g/mol. The summed E-state index contributed by atoms with van der Waals surface area (Å²) in [5.41, 5.74) is 8.94. The number of aryl methyl sites for hydroxylation is 1. The maximum atomic E-state index is 6.57. The number of rotatable bonds is 9. The molecule has 0 atom stereocenters. The largest absolute Gasteiger partial charge is 0.398 e. The van der Waals surface area contributed by atoms with Crippen LogP contribution in [0.2, 0.25) is 0 Å². The van der Waals surface area contributed by atoms with Crippen molar-refractivity contribution in [2.45, 2.75) is 64.7 Å². The molecule has 0 spiro atoms. The van der Waals surface area contributed by atoms with Crippen molar-refractivity contribution in [3.8, 4) is 0 Å². The normalized spacial score (nSPS) is 12.0. The van der Waals surface area contributed by atoms with E-state index >= 15 is 0 Å². The van der Waals surface area contributed by atoms with Gasteiger partial charge in [0.05, 0.1) is 0 Å². The Bertz CT molecular complexity index is 1330. The molecule has 0 radical (unpaired) electrons. The first-order valence-corrected chi connectivity index (χ1v) is 12.2. The average Bonchev–Trinajstić information content (AvgIpc) is 2.80. The third kappa shape index (κ3) is 3.61. The predicted molar refractivity (Wildman–Crippen MR) is 138 cm³/mol. The third-order valence-corrected chi connectivity index (χ3v) is 7.05. The minimum Gasteiger partial charge on any atom is -0.398 e. The Morgan fingerprint density at radius 2 is 1.16 bits per heavy atom. The highest BCUT2D eigenvalue weighted by Crippen LogP contribution is 2.43. The van der Waals surface area contributed by atoms with Crippen LogP contribution in [-0.2, 0) is 6.42 Å². The number of nitrogen functional groups attached to an aromatic ring is 1. The summed E-state index contributed by atoms with van der Waals surface area (Å²) in [5.74, 6) is 0. The zero-order chi connectivity index (χ0) is 21.2. The molecule has 0 unspecified atom stereocenters. The van der Waals surface area contributed by atoms with Gasteiger partial charge in [0.15, 0.2) is 0 Å². The Morgan fingerprint density at radius 3 is 1.90 bits per heavy atom. The second-order valence-electron chi connectivity index (χ2n) is 9.16. The molecule has 0 aliphatic carbocycles. The van der Waals surface area contributed by atoms with Crippen molar-refractivity contribution in [2.24, 2.45) is 0 Å². The smallest absolute Gasteiger partial charge is 0.0400 e. The number of hydrogen-bond acceptors (Lipinski definition) is 1. The molecular formula is C30H33N. The summed E-state index contributed by atoms with van der Waals surface area (Å²) in [6.07, 6.45) is 12.0. The van der Waals surface area contributed by atoms with Gasteiger partial charge >= 0.3 is 0 Å². The summed E-state index contributed by atoms with van der Waals surface area (Å²) < 4.78 is 0. The molecule has 0 heterocycles. The second kappa shape index (κ2) is 8.75. The highest BCUT2D eigenvalue weighted by molar-refractivity contribution is 6.35. The number of nitrogens with two attached hydrogens (primary N) is 1. The van der Waals surface area contributed by atoms with Gasteiger partial charge in [-0.25, -0.2) is 0 Å². The van der Waals surface area contributed by atoms with Gasteiger partial charge in [0, 0.05) is 11.1 Å². The van der Waals surface area contributed by atoms with Gasteiger partial charge in [-0.15, -0.1) is 0 Å². The Hall–Kier alpha value is -2.80. The van der Waals surface area contributed by atoms with Crippen LogP contribution in [0.15, 0.2) is 60.7 Å². The standard InChI is InChI=1S/C30H33N/c1-2-3-4-5-6-7-8-9-12-22-17-18-23-19-20-26(31)30-25-16-11-14-21-13-10-15-24(27(21)25)28(22)29(23)30/h10-11,13-20H,2-9,12,31H2,1H3. The van der Waals surface area contributed by atoms with Crippen molar-refractivity contribution in [1.29, 1.82) is 0 Å². The molecule has 0 amide bonds. The van der Waals surface area contributed by atoms with Crippen molar-refractivity contribution in [2.75, 3.05) is 5.73 Å². The maximum Gasteiger partial charge on any atom is 0.0400 e. The van der Waals surface area contributed by atoms with E-state index in [2.05, 4.69) is 67.6 Å². The van der Waals surface area contributed by atoms with Gasteiger partial charge in [-0.05, 0) is 62.2 Å². The summed E-state index contributed by atoms with van der Waals surface area (Å²) in [4.78, 5) is 0. The predicted octanol–water partition coefficient (Wildman–Crippen LogP) is 9.00. The van der Waals surface area contributed by atoms with Crippen LogP contribution in [0.25, 0.3) is 43.1 Å². The van der Waals surface area contributed by atoms with Gasteiger partial charge in [-0.3, -0.25) is 0 Å². The van der Waals surface area contributed by atoms with E-state index in [1.165, 1.54) is 100 Å². The first kappa shape index (κ1) is 20.1. The van der Waals surface area contributed by atoms with Gasteiger partial charge in [0.2, 0.25) is 0 Å². The van der Waals surface area contributed by atoms with E-state index in [0.717, 1.165) is 12.1 Å². The van der Waals surface area contributed by atoms with Gasteiger partial charge in [-0.1, -0.05) is 106 Å². The lowest BCUT2D eigenvalue weighted by atomic mass is 9.86. The molecule has 2 N–H and O–H groups in total. The fourth-order valence-corrected chi connectivity index (χ4v) is 5.49. The highest BCUT2D eigenvalue weighted by atomic mass is 14.6. The lowest BCUT2D eigenvalue weighted by molar-refractivity contribution is 0.576. The molecule has 1 heteroatoms. The molecule has 0 saturated heterocycles. The van der Waals surface area contributed by atoms with E-state index in [1.54, 1.807) is 0 Å². The van der Waals surface area contributed by atoms with Gasteiger partial charge in [0.25, 0.3) is 0 Å². The molecule has 158 valence electrons. The maximum absolute atomic E-state index is 6.57. The van der Waals surface area contributed by atoms with E-state index < -0.39 is 0 Å². The molecule has 5 rings (SSSR count). The van der Waals surface area contributed by atoms with E-state index in [9.17, 15) is 0 Å². The summed E-state index contributed by atoms with van der Waals surface area (Å²) in [6, 6.07) is 22.3. The Kier molecular flexibility index (Phi) is 5.68. The van der Waals surface area contributed by atoms with Crippen molar-refractivity contribution < 1.29 is 0 Å². The molecule has 31 heavy (non-hydrogen) atoms. The Morgan fingerprint density at radius 1 is 0.548 bits per heavy atom. The molecular weight excluding hydrogens is 374 g/mol. The van der Waals surface area contributed by atoms with Crippen molar-refractivity contribution in [3.63, 3.8) is 0 Å². The van der Waals surface area contributed by atoms with Crippen LogP contribution in [0.4, 0.5) is 5.69 Å². The molecule has 0 bridgehead atoms. The fraction of sp³-hybridized carbons (Fsp3) is 0.333. The molecule has 0 aliphatic rings. The van der Waals surface area contributed by atoms with Crippen LogP contribution in [0.5, 0.6) is 0 Å². The van der Waals surface area contributed by atoms with E-state index in [1.807, 2.05) is 0 Å². The molecule has 5 aromatic rings. The summed E-state index contributed by atoms with van der Waals surface area (Å²) in [6.45, 7) is 2.29. The SMILES string of the molecule is CCCCCCCCCCc1ccc2ccc(N)c3c4cccc5cccc(c1c23)c54. The number of benzene rings is 5. The number of anilines is 1. The molecule has 1 nitrogen and oxygen atoms in total. The first-order valence-electron chi connectivity index (χ1n) is 12.2. The number of fused-ring (bicyclic) bond motifs is 2. The third-order valence-electron chi connectivity index (χ3n) is 7.05. The molecule has 0 fully saturated rings. The molecule has 0 aromatic heterocycles. The summed E-state index contributed by atoms with van der Waals surface area (Å²) >= 11 is 0. The van der Waals surface area contributed by atoms with Crippen LogP contribution in [-0.4, -0.2) is 0 Å². The van der Waals surface area contributed by atoms with Gasteiger partial charge < -0.3 is 5.73 Å². The zero-order valence-corrected chi connectivity index (χ0v) is 18.7. The summed E-state index contributed by atoms with van der Waals surface area (Å²) in [7, 11) is 0. The quantitative estimate of drug-likeness (QED) is 0.112. The lowest BCUT2D eigenvalue weighted by Crippen LogP contribution is -1.96. The minimum atomic E-state index is 0.889. The molecule has 5 aromatic carbocycles. The summed E-state index contributed by atoms with van der Waals surface area (Å²) in [5, 5.41) is 10.6. The second-order valence-corrected chi connectivity index (χ2v) is 9.16. The molecule has 0 aliphatic heterocycles. The van der Waals surface area contributed by atoms with Crippen LogP contribution in [0, 0.1) is 0 Å². The van der Waals surface area contributed by atoms with E-state index in [0.29, 0.717) is 0 Å². The Labute approximate surface area is 185 Å². The van der Waals surface area contributed by atoms with Crippen molar-refractivity contribution >= 4 is 48.8 Å². The van der Waals surface area contributed by atoms with Crippen LogP contribution in [0.3, 0.4) is 0 Å². The van der Waals surface area contributed by atoms with Crippen LogP contribution >= 0.6 is 0 Å². The zero-order valence-electron chi connectivity index (χ0n) is 18.7. The highest BCUT2D eigenvalue weighted by Gasteiger charge is 2.16. The van der Waals surface area contributed by atoms with Crippen LogP contribution in [0.1, 0.15) is 63.9 Å². The van der Waals surface area contributed by atoms with Gasteiger partial charge in [0.1, 0.15) is 0 Å². The van der Waals surface area contributed by atoms with E-state index in [-0.39, 0.29) is 0 Å². The van der Waals surface area contributed by atoms with E-state index in [4.69, 9.17) is 5.73 Å². The van der Waals surface area contributed by atoms with Crippen molar-refractivity contribution in [1.82, 2.24) is 0 Å². The topological polar surface area (TPSA) is 26.0 Å². The van der Waals surface area contributed by atoms with Gasteiger partial charge in [-0.2, -0.15) is 0 Å². The minimum absolute atomic E-state index is 0.889. The molecule has 0 saturated carbocycles. The first-order chi connectivity index (χ1) is 15.3.